The molecule has 2 aromatic carbocycles. The van der Waals surface area contributed by atoms with E-state index in [1.807, 2.05) is 25.2 Å². The van der Waals surface area contributed by atoms with E-state index in [-0.39, 0.29) is 24.3 Å². The van der Waals surface area contributed by atoms with E-state index in [1.54, 1.807) is 6.07 Å². The van der Waals surface area contributed by atoms with Crippen LogP contribution < -0.4 is 4.74 Å². The van der Waals surface area contributed by atoms with Gasteiger partial charge in [-0.15, -0.1) is 10.1 Å². The fourth-order valence-electron chi connectivity index (χ4n) is 3.06. The molecule has 2 amide bonds. The second kappa shape index (κ2) is 9.16. The molecule has 0 saturated heterocycles. The number of imide groups is 1. The van der Waals surface area contributed by atoms with Crippen molar-refractivity contribution in [3.8, 4) is 5.75 Å². The molecule has 1 aliphatic rings. The fraction of sp³-hybridized carbons (Fsp3) is 0.300. The van der Waals surface area contributed by atoms with Crippen LogP contribution >= 0.6 is 0 Å². The summed E-state index contributed by atoms with van der Waals surface area (Å²) in [6.45, 7) is 1.35. The number of nitrogens with zero attached hydrogens (tertiary/aromatic N) is 3. The molecule has 0 unspecified atom stereocenters. The van der Waals surface area contributed by atoms with E-state index in [2.05, 4.69) is 21.9 Å². The maximum atomic E-state index is 12.4. The predicted octanol–water partition coefficient (Wildman–Crippen LogP) is 2.00. The molecular formula is C20H21N3O6. The Morgan fingerprint density at radius 3 is 2.48 bits per heavy atom. The molecule has 0 N–H and O–H groups in total. The Morgan fingerprint density at radius 2 is 1.76 bits per heavy atom. The topological polar surface area (TPSA) is 102 Å². The number of amides is 2. The number of carbonyl (C=O) groups excluding carboxylic acids is 2. The van der Waals surface area contributed by atoms with Gasteiger partial charge in [-0.1, -0.05) is 30.3 Å². The second-order valence-electron chi connectivity index (χ2n) is 6.60. The van der Waals surface area contributed by atoms with Crippen LogP contribution in [-0.4, -0.2) is 60.1 Å². The zero-order valence-corrected chi connectivity index (χ0v) is 15.9. The molecule has 0 saturated carbocycles. The molecule has 0 aromatic heterocycles. The van der Waals surface area contributed by atoms with Gasteiger partial charge in [0, 0.05) is 13.1 Å². The highest BCUT2D eigenvalue weighted by atomic mass is 16.9. The minimum Gasteiger partial charge on any atom is -0.492 e. The van der Waals surface area contributed by atoms with Crippen molar-refractivity contribution in [2.75, 3.05) is 33.4 Å². The van der Waals surface area contributed by atoms with Crippen molar-refractivity contribution in [3.63, 3.8) is 0 Å². The van der Waals surface area contributed by atoms with Crippen molar-refractivity contribution in [2.24, 2.45) is 0 Å². The van der Waals surface area contributed by atoms with Gasteiger partial charge in [0.05, 0.1) is 17.7 Å². The first-order valence-corrected chi connectivity index (χ1v) is 9.08. The van der Waals surface area contributed by atoms with Crippen LogP contribution in [0.2, 0.25) is 0 Å². The summed E-state index contributed by atoms with van der Waals surface area (Å²) in [5.74, 6) is -0.518. The SMILES string of the molecule is CN(CCOc1ccc2c(c1)C(=O)N(CCO[N+](=O)[O-])C2=O)Cc1ccccc1. The third-order valence-electron chi connectivity index (χ3n) is 4.49. The first kappa shape index (κ1) is 20.3. The van der Waals surface area contributed by atoms with Gasteiger partial charge in [0.25, 0.3) is 16.9 Å². The van der Waals surface area contributed by atoms with Gasteiger partial charge in [-0.2, -0.15) is 0 Å². The van der Waals surface area contributed by atoms with Crippen molar-refractivity contribution in [1.29, 1.82) is 0 Å². The number of fused-ring (bicyclic) bond motifs is 1. The normalized spacial score (nSPS) is 13.0. The summed E-state index contributed by atoms with van der Waals surface area (Å²) < 4.78 is 5.73. The first-order chi connectivity index (χ1) is 14.0. The van der Waals surface area contributed by atoms with Crippen LogP contribution in [0.5, 0.6) is 5.75 Å². The van der Waals surface area contributed by atoms with E-state index in [0.29, 0.717) is 18.9 Å². The van der Waals surface area contributed by atoms with Crippen LogP contribution in [0.25, 0.3) is 0 Å². The summed E-state index contributed by atoms with van der Waals surface area (Å²) >= 11 is 0. The molecule has 152 valence electrons. The van der Waals surface area contributed by atoms with Crippen molar-refractivity contribution in [2.45, 2.75) is 6.54 Å². The van der Waals surface area contributed by atoms with Gasteiger partial charge in [0.2, 0.25) is 0 Å². The van der Waals surface area contributed by atoms with E-state index in [9.17, 15) is 19.7 Å². The van der Waals surface area contributed by atoms with Gasteiger partial charge in [0.1, 0.15) is 19.0 Å². The second-order valence-corrected chi connectivity index (χ2v) is 6.60. The standard InChI is InChI=1S/C20H21N3O6/c1-21(14-15-5-3-2-4-6-15)9-11-28-16-7-8-17-18(13-16)20(25)22(19(17)24)10-12-29-23(26)27/h2-8,13H,9-12,14H2,1H3. The molecule has 1 heterocycles. The number of benzene rings is 2. The predicted molar refractivity (Wildman–Crippen MR) is 103 cm³/mol. The summed E-state index contributed by atoms with van der Waals surface area (Å²) in [6, 6.07) is 14.8. The quantitative estimate of drug-likeness (QED) is 0.342. The summed E-state index contributed by atoms with van der Waals surface area (Å²) in [5, 5.41) is 9.27. The van der Waals surface area contributed by atoms with Gasteiger partial charge in [-0.05, 0) is 30.8 Å². The molecule has 0 spiro atoms. The number of hydrogen-bond donors (Lipinski definition) is 0. The van der Waals surface area contributed by atoms with E-state index in [0.717, 1.165) is 11.4 Å². The Balaban J connectivity index is 1.53. The van der Waals surface area contributed by atoms with Gasteiger partial charge < -0.3 is 9.57 Å². The first-order valence-electron chi connectivity index (χ1n) is 9.08. The summed E-state index contributed by atoms with van der Waals surface area (Å²) in [7, 11) is 1.99. The molecule has 1 aliphatic heterocycles. The number of rotatable bonds is 10. The van der Waals surface area contributed by atoms with Gasteiger partial charge in [-0.25, -0.2) is 0 Å². The average molecular weight is 399 g/mol. The molecule has 0 radical (unpaired) electrons. The lowest BCUT2D eigenvalue weighted by Gasteiger charge is -2.17. The minimum atomic E-state index is -0.959. The van der Waals surface area contributed by atoms with Crippen molar-refractivity contribution in [3.05, 3.63) is 75.3 Å². The van der Waals surface area contributed by atoms with Crippen molar-refractivity contribution in [1.82, 2.24) is 9.80 Å². The molecule has 9 heteroatoms. The van der Waals surface area contributed by atoms with Gasteiger partial charge in [-0.3, -0.25) is 19.4 Å². The monoisotopic (exact) mass is 399 g/mol. The Labute approximate surface area is 167 Å². The Hall–Kier alpha value is -3.46. The van der Waals surface area contributed by atoms with E-state index < -0.39 is 16.9 Å². The number of carbonyl (C=O) groups is 2. The molecule has 29 heavy (non-hydrogen) atoms. The average Bonchev–Trinajstić information content (AvgIpc) is 2.93. The molecule has 2 aromatic rings. The molecule has 0 aliphatic carbocycles. The minimum absolute atomic E-state index is 0.187. The summed E-state index contributed by atoms with van der Waals surface area (Å²) in [5.41, 5.74) is 1.69. The number of hydrogen-bond acceptors (Lipinski definition) is 7. The smallest absolute Gasteiger partial charge is 0.294 e. The molecule has 9 nitrogen and oxygen atoms in total. The highest BCUT2D eigenvalue weighted by Gasteiger charge is 2.35. The molecule has 0 fully saturated rings. The largest absolute Gasteiger partial charge is 0.492 e. The van der Waals surface area contributed by atoms with Crippen LogP contribution in [0.1, 0.15) is 26.3 Å². The molecule has 0 atom stereocenters. The molecule has 3 rings (SSSR count). The maximum absolute atomic E-state index is 12.4. The van der Waals surface area contributed by atoms with Crippen LogP contribution in [0.15, 0.2) is 48.5 Å². The lowest BCUT2D eigenvalue weighted by atomic mass is 10.1. The van der Waals surface area contributed by atoms with E-state index in [4.69, 9.17) is 4.74 Å². The number of ether oxygens (including phenoxy) is 1. The van der Waals surface area contributed by atoms with E-state index >= 15 is 0 Å². The molecule has 0 bridgehead atoms. The van der Waals surface area contributed by atoms with Crippen LogP contribution in [0.3, 0.4) is 0 Å². The Morgan fingerprint density at radius 1 is 1.03 bits per heavy atom. The third-order valence-corrected chi connectivity index (χ3v) is 4.49. The Kier molecular flexibility index (Phi) is 6.40. The van der Waals surface area contributed by atoms with Gasteiger partial charge in [0.15, 0.2) is 0 Å². The van der Waals surface area contributed by atoms with Crippen LogP contribution in [-0.2, 0) is 11.4 Å². The highest BCUT2D eigenvalue weighted by Crippen LogP contribution is 2.26. The molecular weight excluding hydrogens is 378 g/mol. The van der Waals surface area contributed by atoms with Crippen molar-refractivity contribution >= 4 is 11.8 Å². The lowest BCUT2D eigenvalue weighted by Crippen LogP contribution is -2.33. The van der Waals surface area contributed by atoms with E-state index in [1.165, 1.54) is 17.7 Å². The van der Waals surface area contributed by atoms with Crippen molar-refractivity contribution < 1.29 is 24.3 Å². The third kappa shape index (κ3) is 5.08. The lowest BCUT2D eigenvalue weighted by molar-refractivity contribution is -0.757. The summed E-state index contributed by atoms with van der Waals surface area (Å²) in [6.07, 6.45) is 0. The zero-order valence-electron chi connectivity index (χ0n) is 15.9. The fourth-order valence-corrected chi connectivity index (χ4v) is 3.06. The van der Waals surface area contributed by atoms with Gasteiger partial charge >= 0.3 is 0 Å². The van der Waals surface area contributed by atoms with Crippen LogP contribution in [0.4, 0.5) is 0 Å². The number of likely N-dealkylation sites (N-methyl/N-ethyl adjacent to an activating group) is 1. The zero-order chi connectivity index (χ0) is 20.8. The highest BCUT2D eigenvalue weighted by molar-refractivity contribution is 6.21. The van der Waals surface area contributed by atoms with Crippen LogP contribution in [0, 0.1) is 10.1 Å². The maximum Gasteiger partial charge on any atom is 0.294 e. The summed E-state index contributed by atoms with van der Waals surface area (Å²) in [4.78, 5) is 42.2. The Bertz CT molecular complexity index is 902.